The van der Waals surface area contributed by atoms with Gasteiger partial charge >= 0.3 is 0 Å². The molecule has 2 rings (SSSR count). The topological polar surface area (TPSA) is 58.1 Å². The van der Waals surface area contributed by atoms with E-state index in [1.807, 2.05) is 24.9 Å². The monoisotopic (exact) mass is 282 g/mol. The van der Waals surface area contributed by atoms with E-state index in [2.05, 4.69) is 20.4 Å². The minimum atomic E-state index is -0.133. The molecule has 0 bridgehead atoms. The molecule has 0 aliphatic rings. The molecule has 0 atom stereocenters. The molecular weight excluding hydrogens is 268 g/mol. The van der Waals surface area contributed by atoms with Gasteiger partial charge in [0.25, 0.3) is 5.91 Å². The molecule has 0 aliphatic carbocycles. The average molecular weight is 282 g/mol. The van der Waals surface area contributed by atoms with Crippen LogP contribution in [0, 0.1) is 0 Å². The van der Waals surface area contributed by atoms with Crippen LogP contribution >= 0.6 is 22.7 Å². The largest absolute Gasteiger partial charge is 0.309 e. The van der Waals surface area contributed by atoms with Crippen molar-refractivity contribution in [1.29, 1.82) is 0 Å². The normalized spacial score (nSPS) is 10.8. The molecule has 7 heteroatoms. The third-order valence-electron chi connectivity index (χ3n) is 2.24. The van der Waals surface area contributed by atoms with Crippen molar-refractivity contribution in [3.05, 3.63) is 27.4 Å². The third-order valence-corrected chi connectivity index (χ3v) is 3.83. The summed E-state index contributed by atoms with van der Waals surface area (Å²) in [6, 6.07) is 1.79. The smallest absolute Gasteiger partial charge is 0.258 e. The van der Waals surface area contributed by atoms with Crippen molar-refractivity contribution in [2.24, 2.45) is 0 Å². The Balaban J connectivity index is 1.92. The number of rotatable bonds is 5. The van der Waals surface area contributed by atoms with Crippen LogP contribution in [0.3, 0.4) is 0 Å². The van der Waals surface area contributed by atoms with Crippen LogP contribution in [0.1, 0.15) is 15.4 Å². The lowest BCUT2D eigenvalue weighted by Gasteiger charge is -2.05. The summed E-state index contributed by atoms with van der Waals surface area (Å²) < 4.78 is 0. The number of likely N-dealkylation sites (N-methyl/N-ethyl adjacent to an activating group) is 1. The second kappa shape index (κ2) is 6.03. The van der Waals surface area contributed by atoms with E-state index >= 15 is 0 Å². The molecule has 5 nitrogen and oxygen atoms in total. The van der Waals surface area contributed by atoms with E-state index < -0.39 is 0 Å². The van der Waals surface area contributed by atoms with Gasteiger partial charge in [-0.1, -0.05) is 11.3 Å². The maximum Gasteiger partial charge on any atom is 0.258 e. The van der Waals surface area contributed by atoms with Crippen LogP contribution in [0.15, 0.2) is 16.8 Å². The molecule has 2 aromatic rings. The highest BCUT2D eigenvalue weighted by Gasteiger charge is 2.10. The molecule has 2 aromatic heterocycles. The van der Waals surface area contributed by atoms with E-state index in [9.17, 15) is 4.79 Å². The Morgan fingerprint density at radius 1 is 1.44 bits per heavy atom. The predicted molar refractivity (Wildman–Crippen MR) is 74.4 cm³/mol. The molecule has 0 unspecified atom stereocenters. The zero-order chi connectivity index (χ0) is 13.0. The molecule has 1 amide bonds. The first-order chi connectivity index (χ1) is 8.65. The molecule has 2 heterocycles. The molecule has 0 saturated heterocycles. The summed E-state index contributed by atoms with van der Waals surface area (Å²) in [5, 5.41) is 15.9. The molecule has 0 aliphatic heterocycles. The average Bonchev–Trinajstić information content (AvgIpc) is 2.97. The fourth-order valence-electron chi connectivity index (χ4n) is 1.29. The van der Waals surface area contributed by atoms with Crippen LogP contribution in [-0.2, 0) is 6.42 Å². The second-order valence-corrected chi connectivity index (χ2v) is 5.86. The third kappa shape index (κ3) is 3.59. The van der Waals surface area contributed by atoms with E-state index in [1.165, 1.54) is 22.7 Å². The lowest BCUT2D eigenvalue weighted by Crippen LogP contribution is -2.14. The molecule has 0 spiro atoms. The number of carbonyl (C=O) groups excluding carboxylic acids is 1. The summed E-state index contributed by atoms with van der Waals surface area (Å²) in [5.41, 5.74) is 0.657. The van der Waals surface area contributed by atoms with Gasteiger partial charge in [-0.05, 0) is 25.5 Å². The minimum Gasteiger partial charge on any atom is -0.309 e. The fraction of sp³-hybridized carbons (Fsp3) is 0.364. The quantitative estimate of drug-likeness (QED) is 0.910. The summed E-state index contributed by atoms with van der Waals surface area (Å²) in [6.45, 7) is 0.924. The van der Waals surface area contributed by atoms with Crippen LogP contribution in [0.25, 0.3) is 0 Å². The summed E-state index contributed by atoms with van der Waals surface area (Å²) in [4.78, 5) is 13.9. The first-order valence-electron chi connectivity index (χ1n) is 5.46. The Bertz CT molecular complexity index is 507. The highest BCUT2D eigenvalue weighted by molar-refractivity contribution is 7.15. The van der Waals surface area contributed by atoms with Crippen molar-refractivity contribution in [3.8, 4) is 0 Å². The predicted octanol–water partition coefficient (Wildman–Crippen LogP) is 1.96. The summed E-state index contributed by atoms with van der Waals surface area (Å²) in [5.74, 6) is -0.133. The van der Waals surface area contributed by atoms with Crippen molar-refractivity contribution < 1.29 is 4.79 Å². The van der Waals surface area contributed by atoms with Crippen molar-refractivity contribution in [3.63, 3.8) is 0 Å². The van der Waals surface area contributed by atoms with E-state index in [0.717, 1.165) is 18.0 Å². The van der Waals surface area contributed by atoms with Crippen molar-refractivity contribution in [2.75, 3.05) is 26.0 Å². The highest BCUT2D eigenvalue weighted by atomic mass is 32.1. The van der Waals surface area contributed by atoms with Gasteiger partial charge in [0.1, 0.15) is 5.01 Å². The summed E-state index contributed by atoms with van der Waals surface area (Å²) in [7, 11) is 4.03. The Morgan fingerprint density at radius 3 is 2.94 bits per heavy atom. The standard InChI is InChI=1S/C11H14N4OS2/c1-15(2)5-3-9-13-14-11(18-9)12-10(16)8-4-6-17-7-8/h4,6-7H,3,5H2,1-2H3,(H,12,14,16). The maximum absolute atomic E-state index is 11.8. The van der Waals surface area contributed by atoms with E-state index in [4.69, 9.17) is 0 Å². The lowest BCUT2D eigenvalue weighted by molar-refractivity contribution is 0.102. The summed E-state index contributed by atoms with van der Waals surface area (Å²) >= 11 is 2.92. The minimum absolute atomic E-state index is 0.133. The van der Waals surface area contributed by atoms with Gasteiger partial charge < -0.3 is 4.90 Å². The van der Waals surface area contributed by atoms with Crippen LogP contribution in [-0.4, -0.2) is 41.6 Å². The van der Waals surface area contributed by atoms with Gasteiger partial charge in [-0.15, -0.1) is 10.2 Å². The first kappa shape index (κ1) is 13.1. The first-order valence-corrected chi connectivity index (χ1v) is 7.22. The van der Waals surface area contributed by atoms with Gasteiger partial charge in [0, 0.05) is 18.3 Å². The van der Waals surface area contributed by atoms with Gasteiger partial charge in [0.2, 0.25) is 5.13 Å². The molecule has 96 valence electrons. The number of aromatic nitrogens is 2. The van der Waals surface area contributed by atoms with E-state index in [-0.39, 0.29) is 5.91 Å². The Labute approximate surface area is 113 Å². The van der Waals surface area contributed by atoms with E-state index in [1.54, 1.807) is 6.07 Å². The van der Waals surface area contributed by atoms with Gasteiger partial charge in [-0.25, -0.2) is 0 Å². The van der Waals surface area contributed by atoms with Crippen molar-refractivity contribution >= 4 is 33.7 Å². The second-order valence-electron chi connectivity index (χ2n) is 4.02. The number of carbonyl (C=O) groups is 1. The summed E-state index contributed by atoms with van der Waals surface area (Å²) in [6.07, 6.45) is 0.846. The van der Waals surface area contributed by atoms with Crippen LogP contribution in [0.4, 0.5) is 5.13 Å². The molecule has 1 N–H and O–H groups in total. The van der Waals surface area contributed by atoms with Crippen LogP contribution in [0.2, 0.25) is 0 Å². The van der Waals surface area contributed by atoms with Crippen LogP contribution in [0.5, 0.6) is 0 Å². The Morgan fingerprint density at radius 2 is 2.28 bits per heavy atom. The zero-order valence-corrected chi connectivity index (χ0v) is 11.8. The zero-order valence-electron chi connectivity index (χ0n) is 10.2. The van der Waals surface area contributed by atoms with Crippen molar-refractivity contribution in [2.45, 2.75) is 6.42 Å². The number of nitrogens with zero attached hydrogens (tertiary/aromatic N) is 3. The van der Waals surface area contributed by atoms with E-state index in [0.29, 0.717) is 10.7 Å². The number of hydrogen-bond acceptors (Lipinski definition) is 6. The molecule has 0 saturated carbocycles. The van der Waals surface area contributed by atoms with Crippen LogP contribution < -0.4 is 5.32 Å². The number of hydrogen-bond donors (Lipinski definition) is 1. The van der Waals surface area contributed by atoms with Gasteiger partial charge in [-0.3, -0.25) is 10.1 Å². The number of nitrogens with one attached hydrogen (secondary N) is 1. The SMILES string of the molecule is CN(C)CCc1nnc(NC(=O)c2ccsc2)s1. The van der Waals surface area contributed by atoms with Gasteiger partial charge in [0.05, 0.1) is 5.56 Å². The number of thiophene rings is 1. The molecule has 0 aromatic carbocycles. The maximum atomic E-state index is 11.8. The number of amides is 1. The molecule has 18 heavy (non-hydrogen) atoms. The Kier molecular flexibility index (Phi) is 4.40. The lowest BCUT2D eigenvalue weighted by atomic mass is 10.3. The molecular formula is C11H14N4OS2. The number of anilines is 1. The molecule has 0 fully saturated rings. The Hall–Kier alpha value is -1.31. The fourth-order valence-corrected chi connectivity index (χ4v) is 2.65. The van der Waals surface area contributed by atoms with Gasteiger partial charge in [-0.2, -0.15) is 11.3 Å². The highest BCUT2D eigenvalue weighted by Crippen LogP contribution is 2.17. The molecule has 0 radical (unpaired) electrons. The van der Waals surface area contributed by atoms with Crippen molar-refractivity contribution in [1.82, 2.24) is 15.1 Å². The van der Waals surface area contributed by atoms with Gasteiger partial charge in [0.15, 0.2) is 0 Å².